The summed E-state index contributed by atoms with van der Waals surface area (Å²) < 4.78 is 26.1. The van der Waals surface area contributed by atoms with Gasteiger partial charge in [-0.25, -0.2) is 12.7 Å². The highest BCUT2D eigenvalue weighted by Gasteiger charge is 2.31. The fraction of sp³-hybridized carbons (Fsp3) is 0.706. The molecule has 0 atom stereocenters. The van der Waals surface area contributed by atoms with Gasteiger partial charge in [0.05, 0.1) is 18.1 Å². The fourth-order valence-electron chi connectivity index (χ4n) is 3.71. The molecule has 2 saturated heterocycles. The highest BCUT2D eigenvalue weighted by atomic mass is 32.2. The van der Waals surface area contributed by atoms with Gasteiger partial charge in [-0.2, -0.15) is 5.10 Å². The lowest BCUT2D eigenvalue weighted by Crippen LogP contribution is -2.41. The number of amides is 2. The van der Waals surface area contributed by atoms with E-state index < -0.39 is 10.0 Å². The Morgan fingerprint density at radius 3 is 2.33 bits per heavy atom. The Morgan fingerprint density at radius 1 is 1.11 bits per heavy atom. The van der Waals surface area contributed by atoms with E-state index in [0.717, 1.165) is 32.4 Å². The normalized spacial score (nSPS) is 19.9. The van der Waals surface area contributed by atoms with E-state index in [1.807, 2.05) is 0 Å². The second kappa shape index (κ2) is 7.97. The van der Waals surface area contributed by atoms with Crippen molar-refractivity contribution < 1.29 is 18.0 Å². The van der Waals surface area contributed by atoms with Gasteiger partial charge in [0.2, 0.25) is 15.9 Å². The van der Waals surface area contributed by atoms with Crippen molar-refractivity contribution in [1.29, 1.82) is 0 Å². The third-order valence-electron chi connectivity index (χ3n) is 5.34. The maximum absolute atomic E-state index is 12.9. The Morgan fingerprint density at radius 2 is 1.74 bits per heavy atom. The van der Waals surface area contributed by atoms with Crippen LogP contribution in [0.15, 0.2) is 6.20 Å². The van der Waals surface area contributed by atoms with Gasteiger partial charge in [-0.15, -0.1) is 0 Å². The van der Waals surface area contributed by atoms with Crippen molar-refractivity contribution in [2.24, 2.45) is 13.0 Å². The van der Waals surface area contributed by atoms with Gasteiger partial charge in [0.1, 0.15) is 5.69 Å². The second-order valence-corrected chi connectivity index (χ2v) is 9.29. The quantitative estimate of drug-likeness (QED) is 0.803. The molecule has 1 aromatic rings. The van der Waals surface area contributed by atoms with E-state index in [1.165, 1.54) is 21.4 Å². The number of piperidine rings is 2. The van der Waals surface area contributed by atoms with E-state index >= 15 is 0 Å². The van der Waals surface area contributed by atoms with Crippen LogP contribution in [0.5, 0.6) is 0 Å². The van der Waals surface area contributed by atoms with E-state index in [0.29, 0.717) is 37.3 Å². The molecular formula is C17H27N5O4S. The predicted molar refractivity (Wildman–Crippen MR) is 101 cm³/mol. The first-order valence-electron chi connectivity index (χ1n) is 9.34. The smallest absolute Gasteiger partial charge is 0.274 e. The molecule has 0 aromatic carbocycles. The van der Waals surface area contributed by atoms with Gasteiger partial charge < -0.3 is 10.2 Å². The zero-order valence-corrected chi connectivity index (χ0v) is 16.7. The molecule has 0 unspecified atom stereocenters. The van der Waals surface area contributed by atoms with Crippen LogP contribution < -0.4 is 5.32 Å². The molecule has 9 nitrogen and oxygen atoms in total. The third-order valence-corrected chi connectivity index (χ3v) is 6.64. The van der Waals surface area contributed by atoms with Crippen molar-refractivity contribution in [3.05, 3.63) is 11.9 Å². The summed E-state index contributed by atoms with van der Waals surface area (Å²) in [4.78, 5) is 27.3. The highest BCUT2D eigenvalue weighted by molar-refractivity contribution is 7.88. The lowest BCUT2D eigenvalue weighted by Gasteiger charge is -2.29. The number of aryl methyl sites for hydroxylation is 1. The summed E-state index contributed by atoms with van der Waals surface area (Å²) in [5.74, 6) is -0.582. The van der Waals surface area contributed by atoms with E-state index in [2.05, 4.69) is 10.4 Å². The maximum atomic E-state index is 12.9. The molecule has 10 heteroatoms. The van der Waals surface area contributed by atoms with Crippen LogP contribution in [0.4, 0.5) is 5.69 Å². The first-order valence-corrected chi connectivity index (χ1v) is 11.2. The molecule has 0 saturated carbocycles. The summed E-state index contributed by atoms with van der Waals surface area (Å²) in [6, 6.07) is 0. The van der Waals surface area contributed by atoms with Crippen LogP contribution in [0.3, 0.4) is 0 Å². The molecule has 2 aliphatic heterocycles. The molecule has 0 spiro atoms. The van der Waals surface area contributed by atoms with E-state index in [-0.39, 0.29) is 17.7 Å². The van der Waals surface area contributed by atoms with Gasteiger partial charge in [0.25, 0.3) is 5.91 Å². The third kappa shape index (κ3) is 4.49. The van der Waals surface area contributed by atoms with Crippen LogP contribution in [0.25, 0.3) is 0 Å². The predicted octanol–water partition coefficient (Wildman–Crippen LogP) is 0.656. The Labute approximate surface area is 159 Å². The Kier molecular flexibility index (Phi) is 5.85. The number of sulfonamides is 1. The standard InChI is InChI=1S/C17H27N5O4S/c1-20-15(17(24)21-8-4-3-5-9-21)14(12-18-20)19-16(23)13-6-10-22(11-7-13)27(2,25)26/h12-13H,3-11H2,1-2H3,(H,19,23). The minimum atomic E-state index is -3.22. The number of carbonyl (C=O) groups is 2. The lowest BCUT2D eigenvalue weighted by molar-refractivity contribution is -0.120. The van der Waals surface area contributed by atoms with Crippen LogP contribution in [0.1, 0.15) is 42.6 Å². The summed E-state index contributed by atoms with van der Waals surface area (Å²) in [5, 5.41) is 6.98. The van der Waals surface area contributed by atoms with Crippen LogP contribution >= 0.6 is 0 Å². The van der Waals surface area contributed by atoms with Crippen molar-refractivity contribution in [3.63, 3.8) is 0 Å². The van der Waals surface area contributed by atoms with Crippen molar-refractivity contribution >= 4 is 27.5 Å². The van der Waals surface area contributed by atoms with Crippen LogP contribution in [0, 0.1) is 5.92 Å². The first kappa shape index (κ1) is 19.8. The topological polar surface area (TPSA) is 105 Å². The fourth-order valence-corrected chi connectivity index (χ4v) is 4.59. The van der Waals surface area contributed by atoms with Gasteiger partial charge in [0, 0.05) is 39.1 Å². The van der Waals surface area contributed by atoms with Crippen LogP contribution in [-0.2, 0) is 21.9 Å². The molecule has 0 bridgehead atoms. The summed E-state index contributed by atoms with van der Waals surface area (Å²) in [6.45, 7) is 2.12. The molecule has 150 valence electrons. The number of carbonyl (C=O) groups excluding carboxylic acids is 2. The van der Waals surface area contributed by atoms with Gasteiger partial charge >= 0.3 is 0 Å². The van der Waals surface area contributed by atoms with Crippen molar-refractivity contribution in [2.45, 2.75) is 32.1 Å². The van der Waals surface area contributed by atoms with E-state index in [1.54, 1.807) is 11.9 Å². The summed E-state index contributed by atoms with van der Waals surface area (Å²) in [7, 11) is -1.53. The average molecular weight is 398 g/mol. The number of hydrogen-bond acceptors (Lipinski definition) is 5. The maximum Gasteiger partial charge on any atom is 0.274 e. The average Bonchev–Trinajstić information content (AvgIpc) is 3.01. The molecule has 1 N–H and O–H groups in total. The SMILES string of the molecule is Cn1ncc(NC(=O)C2CCN(S(C)(=O)=O)CC2)c1C(=O)N1CCCCC1. The molecule has 3 heterocycles. The van der Waals surface area contributed by atoms with E-state index in [4.69, 9.17) is 0 Å². The highest BCUT2D eigenvalue weighted by Crippen LogP contribution is 2.24. The number of hydrogen-bond donors (Lipinski definition) is 1. The minimum Gasteiger partial charge on any atom is -0.337 e. The summed E-state index contributed by atoms with van der Waals surface area (Å²) in [6.07, 6.45) is 6.73. The summed E-state index contributed by atoms with van der Waals surface area (Å²) >= 11 is 0. The molecule has 1 aromatic heterocycles. The minimum absolute atomic E-state index is 0.114. The number of aromatic nitrogens is 2. The van der Waals surface area contributed by atoms with Gasteiger partial charge in [-0.3, -0.25) is 14.3 Å². The molecule has 2 amide bonds. The molecule has 2 aliphatic rings. The summed E-state index contributed by atoms with van der Waals surface area (Å²) in [5.41, 5.74) is 0.808. The van der Waals surface area contributed by atoms with Crippen molar-refractivity contribution in [3.8, 4) is 0 Å². The largest absolute Gasteiger partial charge is 0.337 e. The zero-order chi connectivity index (χ0) is 19.6. The zero-order valence-electron chi connectivity index (χ0n) is 15.8. The molecule has 0 radical (unpaired) electrons. The molecule has 0 aliphatic carbocycles. The van der Waals surface area contributed by atoms with Crippen LogP contribution in [-0.4, -0.2) is 71.7 Å². The van der Waals surface area contributed by atoms with Gasteiger partial charge in [0.15, 0.2) is 0 Å². The molecule has 3 rings (SSSR count). The second-order valence-electron chi connectivity index (χ2n) is 7.31. The number of likely N-dealkylation sites (tertiary alicyclic amines) is 1. The lowest BCUT2D eigenvalue weighted by atomic mass is 9.97. The number of rotatable bonds is 4. The number of nitrogens with one attached hydrogen (secondary N) is 1. The molecule has 27 heavy (non-hydrogen) atoms. The Bertz CT molecular complexity index is 805. The Hall–Kier alpha value is -1.94. The first-order chi connectivity index (χ1) is 12.8. The van der Waals surface area contributed by atoms with Gasteiger partial charge in [-0.05, 0) is 32.1 Å². The van der Waals surface area contributed by atoms with Crippen molar-refractivity contribution in [2.75, 3.05) is 37.8 Å². The monoisotopic (exact) mass is 397 g/mol. The van der Waals surface area contributed by atoms with E-state index in [9.17, 15) is 18.0 Å². The Balaban J connectivity index is 1.66. The number of nitrogens with zero attached hydrogens (tertiary/aromatic N) is 4. The van der Waals surface area contributed by atoms with Gasteiger partial charge in [-0.1, -0.05) is 0 Å². The number of anilines is 1. The van der Waals surface area contributed by atoms with Crippen molar-refractivity contribution in [1.82, 2.24) is 19.0 Å². The van der Waals surface area contributed by atoms with Crippen LogP contribution in [0.2, 0.25) is 0 Å². The molecular weight excluding hydrogens is 370 g/mol. The molecule has 2 fully saturated rings.